The van der Waals surface area contributed by atoms with Gasteiger partial charge in [-0.3, -0.25) is 0 Å². The molecule has 0 atom stereocenters. The molecule has 0 saturated carbocycles. The van der Waals surface area contributed by atoms with Gasteiger partial charge >= 0.3 is 0 Å². The Morgan fingerprint density at radius 2 is 1.79 bits per heavy atom. The van der Waals surface area contributed by atoms with E-state index in [1.54, 1.807) is 30.1 Å². The van der Waals surface area contributed by atoms with Crippen LogP contribution in [0, 0.1) is 6.92 Å². The lowest BCUT2D eigenvalue weighted by molar-refractivity contribution is 0.475. The van der Waals surface area contributed by atoms with E-state index >= 15 is 0 Å². The molecule has 0 aliphatic carbocycles. The van der Waals surface area contributed by atoms with Crippen molar-refractivity contribution in [1.29, 1.82) is 0 Å². The van der Waals surface area contributed by atoms with Crippen molar-refractivity contribution in [2.24, 2.45) is 0 Å². The van der Waals surface area contributed by atoms with Gasteiger partial charge in [0.05, 0.1) is 11.4 Å². The van der Waals surface area contributed by atoms with Gasteiger partial charge in [0.2, 0.25) is 0 Å². The summed E-state index contributed by atoms with van der Waals surface area (Å²) in [5.74, 6) is 0.273. The second kappa shape index (κ2) is 8.53. The van der Waals surface area contributed by atoms with Crippen LogP contribution in [0.5, 0.6) is 5.75 Å². The van der Waals surface area contributed by atoms with Crippen molar-refractivity contribution in [2.45, 2.75) is 36.5 Å². The summed E-state index contributed by atoms with van der Waals surface area (Å²) in [4.78, 5) is 11.3. The SMILES string of the molecule is CCCc1ccc2c(Nc3cc(C)ccc3Sc3ccc(O)cc3)ccnc2n1. The molecule has 4 nitrogen and oxygen atoms in total. The smallest absolute Gasteiger partial charge is 0.161 e. The number of nitrogens with zero attached hydrogens (tertiary/aromatic N) is 2. The summed E-state index contributed by atoms with van der Waals surface area (Å²) >= 11 is 1.66. The van der Waals surface area contributed by atoms with E-state index in [9.17, 15) is 5.11 Å². The first-order valence-corrected chi connectivity index (χ1v) is 10.5. The molecule has 0 aliphatic heterocycles. The number of anilines is 2. The first-order valence-electron chi connectivity index (χ1n) is 9.71. The lowest BCUT2D eigenvalue weighted by Crippen LogP contribution is -1.97. The maximum atomic E-state index is 9.53. The molecule has 2 N–H and O–H groups in total. The lowest BCUT2D eigenvalue weighted by Gasteiger charge is -2.14. The van der Waals surface area contributed by atoms with Gasteiger partial charge in [0.1, 0.15) is 5.75 Å². The number of nitrogens with one attached hydrogen (secondary N) is 1. The molecule has 0 radical (unpaired) electrons. The van der Waals surface area contributed by atoms with Gasteiger partial charge < -0.3 is 10.4 Å². The van der Waals surface area contributed by atoms with Crippen molar-refractivity contribution < 1.29 is 5.11 Å². The lowest BCUT2D eigenvalue weighted by atomic mass is 10.1. The van der Waals surface area contributed by atoms with Crippen LogP contribution >= 0.6 is 11.8 Å². The van der Waals surface area contributed by atoms with Gasteiger partial charge in [-0.2, -0.15) is 0 Å². The second-order valence-corrected chi connectivity index (χ2v) is 8.12. The van der Waals surface area contributed by atoms with Gasteiger partial charge in [0, 0.05) is 27.1 Å². The van der Waals surface area contributed by atoms with Crippen LogP contribution in [0.3, 0.4) is 0 Å². The maximum Gasteiger partial charge on any atom is 0.161 e. The third-order valence-corrected chi connectivity index (χ3v) is 5.72. The zero-order valence-corrected chi connectivity index (χ0v) is 17.3. The molecule has 0 saturated heterocycles. The minimum Gasteiger partial charge on any atom is -0.508 e. The molecule has 29 heavy (non-hydrogen) atoms. The molecule has 4 rings (SSSR count). The van der Waals surface area contributed by atoms with Crippen molar-refractivity contribution in [3.63, 3.8) is 0 Å². The molecule has 146 valence electrons. The number of pyridine rings is 2. The molecule has 0 unspecified atom stereocenters. The Morgan fingerprint density at radius 3 is 2.59 bits per heavy atom. The highest BCUT2D eigenvalue weighted by molar-refractivity contribution is 7.99. The monoisotopic (exact) mass is 401 g/mol. The van der Waals surface area contributed by atoms with Crippen molar-refractivity contribution in [3.05, 3.63) is 78.1 Å². The van der Waals surface area contributed by atoms with E-state index < -0.39 is 0 Å². The number of hydrogen-bond donors (Lipinski definition) is 2. The van der Waals surface area contributed by atoms with Crippen LogP contribution in [-0.2, 0) is 6.42 Å². The van der Waals surface area contributed by atoms with E-state index in [1.807, 2.05) is 18.2 Å². The second-order valence-electron chi connectivity index (χ2n) is 7.00. The fourth-order valence-corrected chi connectivity index (χ4v) is 4.07. The molecule has 2 aromatic heterocycles. The van der Waals surface area contributed by atoms with Crippen LogP contribution < -0.4 is 5.32 Å². The number of phenolic OH excluding ortho intramolecular Hbond substituents is 1. The Bertz CT molecular complexity index is 1140. The average Bonchev–Trinajstić information content (AvgIpc) is 2.72. The van der Waals surface area contributed by atoms with Crippen LogP contribution in [-0.4, -0.2) is 15.1 Å². The number of aryl methyl sites for hydroxylation is 2. The van der Waals surface area contributed by atoms with Gasteiger partial charge in [-0.25, -0.2) is 9.97 Å². The fourth-order valence-electron chi connectivity index (χ4n) is 3.19. The van der Waals surface area contributed by atoms with E-state index in [1.165, 1.54) is 5.56 Å². The predicted octanol–water partition coefficient (Wildman–Crippen LogP) is 6.49. The molecule has 0 amide bonds. The Hall–Kier alpha value is -3.05. The maximum absolute atomic E-state index is 9.53. The molecule has 0 aliphatic rings. The zero-order chi connectivity index (χ0) is 20.2. The van der Waals surface area contributed by atoms with Gasteiger partial charge in [0.15, 0.2) is 5.65 Å². The summed E-state index contributed by atoms with van der Waals surface area (Å²) in [7, 11) is 0. The summed E-state index contributed by atoms with van der Waals surface area (Å²) in [6.45, 7) is 4.24. The van der Waals surface area contributed by atoms with Crippen molar-refractivity contribution in [2.75, 3.05) is 5.32 Å². The van der Waals surface area contributed by atoms with Gasteiger partial charge in [-0.15, -0.1) is 0 Å². The Kier molecular flexibility index (Phi) is 5.67. The van der Waals surface area contributed by atoms with Crippen molar-refractivity contribution >= 4 is 34.2 Å². The molecular weight excluding hydrogens is 378 g/mol. The minimum absolute atomic E-state index is 0.273. The van der Waals surface area contributed by atoms with Crippen LogP contribution in [0.25, 0.3) is 11.0 Å². The van der Waals surface area contributed by atoms with E-state index in [0.29, 0.717) is 0 Å². The molecule has 2 heterocycles. The number of fused-ring (bicyclic) bond motifs is 1. The highest BCUT2D eigenvalue weighted by atomic mass is 32.2. The van der Waals surface area contributed by atoms with Crippen LogP contribution in [0.15, 0.2) is 76.7 Å². The fraction of sp³-hybridized carbons (Fsp3) is 0.167. The van der Waals surface area contributed by atoms with E-state index in [0.717, 1.165) is 50.7 Å². The highest BCUT2D eigenvalue weighted by Crippen LogP contribution is 2.37. The Labute approximate surface area is 175 Å². The quantitative estimate of drug-likeness (QED) is 0.387. The van der Waals surface area contributed by atoms with Gasteiger partial charge in [-0.05, 0) is 73.5 Å². The minimum atomic E-state index is 0.273. The van der Waals surface area contributed by atoms with Crippen molar-refractivity contribution in [3.8, 4) is 5.75 Å². The van der Waals surface area contributed by atoms with Crippen LogP contribution in [0.4, 0.5) is 11.4 Å². The van der Waals surface area contributed by atoms with E-state index in [4.69, 9.17) is 4.98 Å². The summed E-state index contributed by atoms with van der Waals surface area (Å²) in [6, 6.07) is 19.8. The molecule has 0 bridgehead atoms. The highest BCUT2D eigenvalue weighted by Gasteiger charge is 2.09. The number of rotatable bonds is 6. The average molecular weight is 402 g/mol. The Morgan fingerprint density at radius 1 is 0.966 bits per heavy atom. The number of benzene rings is 2. The molecule has 4 aromatic rings. The van der Waals surface area contributed by atoms with Crippen LogP contribution in [0.2, 0.25) is 0 Å². The third kappa shape index (κ3) is 4.51. The number of phenols is 1. The largest absolute Gasteiger partial charge is 0.508 e. The van der Waals surface area contributed by atoms with Crippen molar-refractivity contribution in [1.82, 2.24) is 9.97 Å². The number of aromatic nitrogens is 2. The predicted molar refractivity (Wildman–Crippen MR) is 120 cm³/mol. The number of hydrogen-bond acceptors (Lipinski definition) is 5. The summed E-state index contributed by atoms with van der Waals surface area (Å²) in [6.07, 6.45) is 3.83. The first kappa shape index (κ1) is 19.3. The standard InChI is InChI=1S/C24H23N3OS/c1-3-4-17-6-11-20-21(13-14-25-24(20)26-17)27-22-15-16(2)5-12-23(22)29-19-9-7-18(28)8-10-19/h5-15,28H,3-4H2,1-2H3,(H,25,26,27). The van der Waals surface area contributed by atoms with Gasteiger partial charge in [-0.1, -0.05) is 31.2 Å². The molecule has 5 heteroatoms. The molecular formula is C24H23N3OS. The van der Waals surface area contributed by atoms with E-state index in [-0.39, 0.29) is 5.75 Å². The van der Waals surface area contributed by atoms with Crippen LogP contribution in [0.1, 0.15) is 24.6 Å². The normalized spacial score (nSPS) is 11.0. The zero-order valence-electron chi connectivity index (χ0n) is 16.5. The third-order valence-electron chi connectivity index (χ3n) is 4.64. The molecule has 0 fully saturated rings. The summed E-state index contributed by atoms with van der Waals surface area (Å²) in [5, 5.41) is 14.1. The topological polar surface area (TPSA) is 58.0 Å². The summed E-state index contributed by atoms with van der Waals surface area (Å²) < 4.78 is 0. The number of aromatic hydroxyl groups is 1. The molecule has 2 aromatic carbocycles. The van der Waals surface area contributed by atoms with E-state index in [2.05, 4.69) is 54.5 Å². The molecule has 0 spiro atoms. The first-order chi connectivity index (χ1) is 14.1. The van der Waals surface area contributed by atoms with Gasteiger partial charge in [0.25, 0.3) is 0 Å². The summed E-state index contributed by atoms with van der Waals surface area (Å²) in [5.41, 5.74) is 5.05. The Balaban J connectivity index is 1.68.